The number of amides is 4. The van der Waals surface area contributed by atoms with E-state index >= 15 is 0 Å². The van der Waals surface area contributed by atoms with E-state index < -0.39 is 23.5 Å². The zero-order valence-electron chi connectivity index (χ0n) is 13.3. The topological polar surface area (TPSA) is 102 Å². The van der Waals surface area contributed by atoms with E-state index in [-0.39, 0.29) is 5.91 Å². The molecule has 2 N–H and O–H groups in total. The van der Waals surface area contributed by atoms with Crippen molar-refractivity contribution < 1.29 is 14.4 Å². The van der Waals surface area contributed by atoms with Crippen molar-refractivity contribution >= 4 is 23.5 Å². The van der Waals surface area contributed by atoms with Gasteiger partial charge in [-0.25, -0.2) is 9.69 Å². The second-order valence-corrected chi connectivity index (χ2v) is 6.25. The van der Waals surface area contributed by atoms with Crippen LogP contribution in [0, 0.1) is 11.3 Å². The lowest BCUT2D eigenvalue weighted by Gasteiger charge is -2.23. The maximum absolute atomic E-state index is 12.7. The molecule has 0 bridgehead atoms. The van der Waals surface area contributed by atoms with Crippen LogP contribution in [0.1, 0.15) is 38.2 Å². The quantitative estimate of drug-likeness (QED) is 0.826. The molecular formula is C17H18N4O3. The maximum atomic E-state index is 12.7. The Kier molecular flexibility index (Phi) is 3.97. The van der Waals surface area contributed by atoms with Crippen LogP contribution in [0.2, 0.25) is 0 Å². The van der Waals surface area contributed by atoms with Gasteiger partial charge >= 0.3 is 6.03 Å². The molecule has 4 amide bonds. The molecule has 124 valence electrons. The summed E-state index contributed by atoms with van der Waals surface area (Å²) >= 11 is 0. The van der Waals surface area contributed by atoms with E-state index in [2.05, 4.69) is 10.6 Å². The number of carbonyl (C=O) groups is 3. The molecule has 1 spiro atoms. The Hall–Kier alpha value is -2.88. The van der Waals surface area contributed by atoms with Crippen molar-refractivity contribution in [3.8, 4) is 6.07 Å². The molecule has 1 aromatic rings. The second-order valence-electron chi connectivity index (χ2n) is 6.25. The van der Waals surface area contributed by atoms with Gasteiger partial charge in [0.05, 0.1) is 11.6 Å². The standard InChI is InChI=1S/C17H18N4O3/c1-11(14(22)19-13-6-4-5-12(9-13)10-18)21-15(23)17(20-16(21)24)7-2-3-8-17/h4-6,9,11H,2-3,7-8H2,1H3,(H,19,22)(H,20,24). The first kappa shape index (κ1) is 16.0. The first-order valence-corrected chi connectivity index (χ1v) is 7.94. The Labute approximate surface area is 139 Å². The zero-order valence-corrected chi connectivity index (χ0v) is 13.3. The molecule has 3 rings (SSSR count). The SMILES string of the molecule is CC(C(=O)Nc1cccc(C#N)c1)N1C(=O)NC2(CCCC2)C1=O. The number of rotatable bonds is 3. The molecule has 1 saturated carbocycles. The molecule has 1 aliphatic heterocycles. The van der Waals surface area contributed by atoms with E-state index in [4.69, 9.17) is 5.26 Å². The van der Waals surface area contributed by atoms with Gasteiger partial charge in [-0.05, 0) is 38.0 Å². The summed E-state index contributed by atoms with van der Waals surface area (Å²) in [7, 11) is 0. The third-order valence-corrected chi connectivity index (χ3v) is 4.68. The van der Waals surface area contributed by atoms with E-state index in [1.807, 2.05) is 6.07 Å². The molecule has 1 unspecified atom stereocenters. The van der Waals surface area contributed by atoms with Gasteiger partial charge < -0.3 is 10.6 Å². The zero-order chi connectivity index (χ0) is 17.3. The van der Waals surface area contributed by atoms with Gasteiger partial charge in [-0.3, -0.25) is 9.59 Å². The fourth-order valence-corrected chi connectivity index (χ4v) is 3.34. The van der Waals surface area contributed by atoms with Gasteiger partial charge in [-0.2, -0.15) is 5.26 Å². The number of urea groups is 1. The number of nitrogens with one attached hydrogen (secondary N) is 2. The van der Waals surface area contributed by atoms with Crippen LogP contribution in [-0.2, 0) is 9.59 Å². The molecule has 1 aromatic carbocycles. The number of nitrogens with zero attached hydrogens (tertiary/aromatic N) is 2. The normalized spacial score (nSPS) is 19.9. The van der Waals surface area contributed by atoms with E-state index in [1.54, 1.807) is 18.2 Å². The number of imide groups is 1. The summed E-state index contributed by atoms with van der Waals surface area (Å²) in [4.78, 5) is 38.3. The molecule has 1 aliphatic carbocycles. The second kappa shape index (κ2) is 5.96. The van der Waals surface area contributed by atoms with E-state index in [0.29, 0.717) is 24.1 Å². The predicted octanol–water partition coefficient (Wildman–Crippen LogP) is 1.75. The first-order valence-electron chi connectivity index (χ1n) is 7.94. The highest BCUT2D eigenvalue weighted by molar-refractivity contribution is 6.11. The molecular weight excluding hydrogens is 308 g/mol. The maximum Gasteiger partial charge on any atom is 0.325 e. The molecule has 0 aromatic heterocycles. The molecule has 0 radical (unpaired) electrons. The van der Waals surface area contributed by atoms with Crippen molar-refractivity contribution in [2.75, 3.05) is 5.32 Å². The third kappa shape index (κ3) is 2.60. The summed E-state index contributed by atoms with van der Waals surface area (Å²) in [5.41, 5.74) is 0.0423. The van der Waals surface area contributed by atoms with Gasteiger partial charge in [-0.1, -0.05) is 18.9 Å². The van der Waals surface area contributed by atoms with Crippen LogP contribution < -0.4 is 10.6 Å². The van der Waals surface area contributed by atoms with Gasteiger partial charge in [0.1, 0.15) is 11.6 Å². The molecule has 7 heteroatoms. The van der Waals surface area contributed by atoms with Crippen LogP contribution in [0.5, 0.6) is 0 Å². The molecule has 2 aliphatic rings. The largest absolute Gasteiger partial charge is 0.325 e. The summed E-state index contributed by atoms with van der Waals surface area (Å²) in [5, 5.41) is 14.3. The molecule has 24 heavy (non-hydrogen) atoms. The number of hydrogen-bond acceptors (Lipinski definition) is 4. The average molecular weight is 326 g/mol. The Morgan fingerprint density at radius 1 is 1.38 bits per heavy atom. The lowest BCUT2D eigenvalue weighted by atomic mass is 9.97. The monoisotopic (exact) mass is 326 g/mol. The predicted molar refractivity (Wildman–Crippen MR) is 85.8 cm³/mol. The Morgan fingerprint density at radius 3 is 2.75 bits per heavy atom. The highest BCUT2D eigenvalue weighted by Gasteiger charge is 2.54. The van der Waals surface area contributed by atoms with Crippen molar-refractivity contribution in [3.63, 3.8) is 0 Å². The Morgan fingerprint density at radius 2 is 2.08 bits per heavy atom. The van der Waals surface area contributed by atoms with Crippen LogP contribution in [0.15, 0.2) is 24.3 Å². The van der Waals surface area contributed by atoms with E-state index in [0.717, 1.165) is 17.7 Å². The van der Waals surface area contributed by atoms with E-state index in [9.17, 15) is 14.4 Å². The van der Waals surface area contributed by atoms with Crippen LogP contribution in [-0.4, -0.2) is 34.3 Å². The van der Waals surface area contributed by atoms with Crippen LogP contribution in [0.4, 0.5) is 10.5 Å². The first-order chi connectivity index (χ1) is 11.5. The van der Waals surface area contributed by atoms with Crippen molar-refractivity contribution in [1.82, 2.24) is 10.2 Å². The van der Waals surface area contributed by atoms with Gasteiger partial charge in [0.2, 0.25) is 5.91 Å². The fourth-order valence-electron chi connectivity index (χ4n) is 3.34. The molecule has 2 fully saturated rings. The van der Waals surface area contributed by atoms with Gasteiger partial charge in [0.25, 0.3) is 5.91 Å². The number of hydrogen-bond donors (Lipinski definition) is 2. The summed E-state index contributed by atoms with van der Waals surface area (Å²) in [6.45, 7) is 1.52. The van der Waals surface area contributed by atoms with Crippen LogP contribution in [0.3, 0.4) is 0 Å². The van der Waals surface area contributed by atoms with Crippen LogP contribution >= 0.6 is 0 Å². The van der Waals surface area contributed by atoms with Gasteiger partial charge in [0.15, 0.2) is 0 Å². The minimum atomic E-state index is -0.928. The number of benzene rings is 1. The highest BCUT2D eigenvalue weighted by atomic mass is 16.2. The molecule has 1 heterocycles. The lowest BCUT2D eigenvalue weighted by molar-refractivity contribution is -0.136. The minimum absolute atomic E-state index is 0.321. The van der Waals surface area contributed by atoms with Crippen molar-refractivity contribution in [2.45, 2.75) is 44.2 Å². The van der Waals surface area contributed by atoms with Gasteiger partial charge in [-0.15, -0.1) is 0 Å². The minimum Gasteiger partial charge on any atom is -0.324 e. The average Bonchev–Trinajstić information content (AvgIpc) is 3.13. The lowest BCUT2D eigenvalue weighted by Crippen LogP contribution is -2.48. The molecule has 7 nitrogen and oxygen atoms in total. The summed E-state index contributed by atoms with van der Waals surface area (Å²) in [6.07, 6.45) is 3.02. The van der Waals surface area contributed by atoms with Crippen molar-refractivity contribution in [2.24, 2.45) is 0 Å². The molecule has 1 saturated heterocycles. The van der Waals surface area contributed by atoms with Crippen molar-refractivity contribution in [1.29, 1.82) is 5.26 Å². The fraction of sp³-hybridized carbons (Fsp3) is 0.412. The van der Waals surface area contributed by atoms with Gasteiger partial charge in [0, 0.05) is 5.69 Å². The Bertz CT molecular complexity index is 746. The summed E-state index contributed by atoms with van der Waals surface area (Å²) < 4.78 is 0. The highest BCUT2D eigenvalue weighted by Crippen LogP contribution is 2.35. The van der Waals surface area contributed by atoms with E-state index in [1.165, 1.54) is 13.0 Å². The number of carbonyl (C=O) groups excluding carboxylic acids is 3. The number of anilines is 1. The summed E-state index contributed by atoms with van der Waals surface area (Å²) in [6, 6.07) is 7.01. The summed E-state index contributed by atoms with van der Waals surface area (Å²) in [5.74, 6) is -0.790. The third-order valence-electron chi connectivity index (χ3n) is 4.68. The number of nitriles is 1. The molecule has 1 atom stereocenters. The Balaban J connectivity index is 1.74. The smallest absolute Gasteiger partial charge is 0.324 e. The van der Waals surface area contributed by atoms with Crippen LogP contribution in [0.25, 0.3) is 0 Å². The van der Waals surface area contributed by atoms with Crippen molar-refractivity contribution in [3.05, 3.63) is 29.8 Å².